The van der Waals surface area contributed by atoms with E-state index in [1.54, 1.807) is 4.90 Å². The molecule has 2 amide bonds. The number of carboxylic acids is 1. The monoisotopic (exact) mass is 284 g/mol. The fraction of sp³-hybridized carbons (Fsp3) is 0.786. The lowest BCUT2D eigenvalue weighted by molar-refractivity contribution is -0.145. The van der Waals surface area contributed by atoms with Gasteiger partial charge in [0.25, 0.3) is 0 Å². The Bertz CT molecular complexity index is 368. The molecule has 1 atom stereocenters. The normalized spacial score (nSPS) is 18.9. The number of carbonyl (C=O) groups is 3. The second-order valence-corrected chi connectivity index (χ2v) is 5.72. The van der Waals surface area contributed by atoms with Gasteiger partial charge in [0.15, 0.2) is 0 Å². The first kappa shape index (κ1) is 16.5. The Morgan fingerprint density at radius 3 is 2.65 bits per heavy atom. The van der Waals surface area contributed by atoms with E-state index in [0.717, 1.165) is 6.42 Å². The summed E-state index contributed by atoms with van der Waals surface area (Å²) >= 11 is 0. The van der Waals surface area contributed by atoms with Gasteiger partial charge in [0.05, 0.1) is 5.92 Å². The standard InChI is InChI=1S/C14H24N2O4/c1-10(2)8-12(17)15-6-5-13(18)16-7-3-4-11(9-16)14(19)20/h10-11H,3-9H2,1-2H3,(H,15,17)(H,19,20). The number of nitrogens with one attached hydrogen (secondary N) is 1. The second kappa shape index (κ2) is 7.87. The van der Waals surface area contributed by atoms with Gasteiger partial charge in [-0.15, -0.1) is 0 Å². The van der Waals surface area contributed by atoms with Crippen molar-refractivity contribution in [1.82, 2.24) is 10.2 Å². The third kappa shape index (κ3) is 5.59. The first-order valence-corrected chi connectivity index (χ1v) is 7.17. The average molecular weight is 284 g/mol. The molecule has 0 saturated carbocycles. The third-order valence-corrected chi connectivity index (χ3v) is 3.38. The summed E-state index contributed by atoms with van der Waals surface area (Å²) < 4.78 is 0. The van der Waals surface area contributed by atoms with E-state index in [9.17, 15) is 14.4 Å². The molecule has 0 aliphatic carbocycles. The summed E-state index contributed by atoms with van der Waals surface area (Å²) in [4.78, 5) is 35.9. The van der Waals surface area contributed by atoms with Gasteiger partial charge < -0.3 is 15.3 Å². The predicted octanol–water partition coefficient (Wildman–Crippen LogP) is 0.862. The molecule has 0 spiro atoms. The van der Waals surface area contributed by atoms with Crippen LogP contribution < -0.4 is 5.32 Å². The van der Waals surface area contributed by atoms with Gasteiger partial charge in [-0.05, 0) is 18.8 Å². The van der Waals surface area contributed by atoms with Crippen LogP contribution in [0, 0.1) is 11.8 Å². The van der Waals surface area contributed by atoms with E-state index in [-0.39, 0.29) is 24.8 Å². The van der Waals surface area contributed by atoms with Crippen LogP contribution >= 0.6 is 0 Å². The number of amides is 2. The van der Waals surface area contributed by atoms with Crippen molar-refractivity contribution in [2.75, 3.05) is 19.6 Å². The summed E-state index contributed by atoms with van der Waals surface area (Å²) in [5.41, 5.74) is 0. The summed E-state index contributed by atoms with van der Waals surface area (Å²) in [5, 5.41) is 11.7. The molecular weight excluding hydrogens is 260 g/mol. The van der Waals surface area contributed by atoms with E-state index in [1.807, 2.05) is 13.8 Å². The van der Waals surface area contributed by atoms with E-state index in [4.69, 9.17) is 5.11 Å². The van der Waals surface area contributed by atoms with Crippen molar-refractivity contribution in [3.8, 4) is 0 Å². The zero-order valence-corrected chi connectivity index (χ0v) is 12.2. The molecule has 2 N–H and O–H groups in total. The topological polar surface area (TPSA) is 86.7 Å². The predicted molar refractivity (Wildman–Crippen MR) is 74.0 cm³/mol. The molecule has 1 fully saturated rings. The smallest absolute Gasteiger partial charge is 0.308 e. The lowest BCUT2D eigenvalue weighted by atomic mass is 9.98. The lowest BCUT2D eigenvalue weighted by Crippen LogP contribution is -2.43. The zero-order valence-electron chi connectivity index (χ0n) is 12.2. The summed E-state index contributed by atoms with van der Waals surface area (Å²) in [6, 6.07) is 0. The van der Waals surface area contributed by atoms with E-state index < -0.39 is 11.9 Å². The molecular formula is C14H24N2O4. The van der Waals surface area contributed by atoms with Gasteiger partial charge in [-0.2, -0.15) is 0 Å². The van der Waals surface area contributed by atoms with Gasteiger partial charge >= 0.3 is 5.97 Å². The molecule has 6 heteroatoms. The number of carbonyl (C=O) groups excluding carboxylic acids is 2. The molecule has 0 radical (unpaired) electrons. The van der Waals surface area contributed by atoms with Crippen molar-refractivity contribution >= 4 is 17.8 Å². The summed E-state index contributed by atoms with van der Waals surface area (Å²) in [7, 11) is 0. The number of likely N-dealkylation sites (tertiary alicyclic amines) is 1. The number of hydrogen-bond donors (Lipinski definition) is 2. The van der Waals surface area contributed by atoms with E-state index in [2.05, 4.69) is 5.32 Å². The second-order valence-electron chi connectivity index (χ2n) is 5.72. The molecule has 1 heterocycles. The lowest BCUT2D eigenvalue weighted by Gasteiger charge is -2.30. The van der Waals surface area contributed by atoms with Crippen molar-refractivity contribution < 1.29 is 19.5 Å². The number of rotatable bonds is 6. The third-order valence-electron chi connectivity index (χ3n) is 3.38. The van der Waals surface area contributed by atoms with Crippen LogP contribution in [0.3, 0.4) is 0 Å². The minimum atomic E-state index is -0.840. The van der Waals surface area contributed by atoms with Crippen molar-refractivity contribution in [2.24, 2.45) is 11.8 Å². The fourth-order valence-electron chi connectivity index (χ4n) is 2.32. The quantitative estimate of drug-likeness (QED) is 0.757. The number of nitrogens with zero attached hydrogens (tertiary/aromatic N) is 1. The van der Waals surface area contributed by atoms with Crippen LogP contribution in [0.1, 0.15) is 39.5 Å². The van der Waals surface area contributed by atoms with Crippen molar-refractivity contribution in [1.29, 1.82) is 0 Å². The highest BCUT2D eigenvalue weighted by molar-refractivity contribution is 5.80. The van der Waals surface area contributed by atoms with Gasteiger partial charge in [0.1, 0.15) is 0 Å². The van der Waals surface area contributed by atoms with Crippen LogP contribution in [-0.2, 0) is 14.4 Å². The Morgan fingerprint density at radius 2 is 2.05 bits per heavy atom. The van der Waals surface area contributed by atoms with E-state index in [0.29, 0.717) is 31.8 Å². The number of carboxylic acid groups (broad SMARTS) is 1. The highest BCUT2D eigenvalue weighted by Gasteiger charge is 2.27. The Hall–Kier alpha value is -1.59. The van der Waals surface area contributed by atoms with Gasteiger partial charge in [0, 0.05) is 32.5 Å². The average Bonchev–Trinajstić information content (AvgIpc) is 2.37. The van der Waals surface area contributed by atoms with Crippen LogP contribution in [0.15, 0.2) is 0 Å². The van der Waals surface area contributed by atoms with Crippen molar-refractivity contribution in [3.63, 3.8) is 0 Å². The largest absolute Gasteiger partial charge is 0.481 e. The highest BCUT2D eigenvalue weighted by atomic mass is 16.4. The maximum Gasteiger partial charge on any atom is 0.308 e. The molecule has 1 saturated heterocycles. The number of aliphatic carboxylic acids is 1. The van der Waals surface area contributed by atoms with Gasteiger partial charge in [-0.3, -0.25) is 14.4 Å². The SMILES string of the molecule is CC(C)CC(=O)NCCC(=O)N1CCCC(C(=O)O)C1. The molecule has 114 valence electrons. The Morgan fingerprint density at radius 1 is 1.35 bits per heavy atom. The van der Waals surface area contributed by atoms with Crippen LogP contribution in [0.2, 0.25) is 0 Å². The van der Waals surface area contributed by atoms with Crippen LogP contribution in [-0.4, -0.2) is 47.4 Å². The minimum Gasteiger partial charge on any atom is -0.481 e. The molecule has 0 aromatic heterocycles. The first-order chi connectivity index (χ1) is 9.40. The Kier molecular flexibility index (Phi) is 6.48. The molecule has 1 rings (SSSR count). The van der Waals surface area contributed by atoms with Gasteiger partial charge in [-0.1, -0.05) is 13.8 Å². The van der Waals surface area contributed by atoms with Crippen LogP contribution in [0.4, 0.5) is 0 Å². The minimum absolute atomic E-state index is 0.0464. The molecule has 0 aromatic carbocycles. The zero-order chi connectivity index (χ0) is 15.1. The summed E-state index contributed by atoms with van der Waals surface area (Å²) in [5.74, 6) is -1.13. The summed E-state index contributed by atoms with van der Waals surface area (Å²) in [6.07, 6.45) is 2.04. The van der Waals surface area contributed by atoms with Crippen LogP contribution in [0.25, 0.3) is 0 Å². The summed E-state index contributed by atoms with van der Waals surface area (Å²) in [6.45, 7) is 5.14. The molecule has 20 heavy (non-hydrogen) atoms. The first-order valence-electron chi connectivity index (χ1n) is 7.17. The van der Waals surface area contributed by atoms with Crippen molar-refractivity contribution in [3.05, 3.63) is 0 Å². The maximum absolute atomic E-state index is 12.0. The Labute approximate surface area is 119 Å². The molecule has 0 bridgehead atoms. The number of piperidine rings is 1. The van der Waals surface area contributed by atoms with Crippen molar-refractivity contribution in [2.45, 2.75) is 39.5 Å². The van der Waals surface area contributed by atoms with Gasteiger partial charge in [-0.25, -0.2) is 0 Å². The van der Waals surface area contributed by atoms with Crippen LogP contribution in [0.5, 0.6) is 0 Å². The highest BCUT2D eigenvalue weighted by Crippen LogP contribution is 2.17. The molecule has 1 aliphatic heterocycles. The van der Waals surface area contributed by atoms with E-state index in [1.165, 1.54) is 0 Å². The van der Waals surface area contributed by atoms with E-state index >= 15 is 0 Å². The molecule has 6 nitrogen and oxygen atoms in total. The fourth-order valence-corrected chi connectivity index (χ4v) is 2.32. The number of hydrogen-bond acceptors (Lipinski definition) is 3. The maximum atomic E-state index is 12.0. The Balaban J connectivity index is 2.28. The van der Waals surface area contributed by atoms with Gasteiger partial charge in [0.2, 0.25) is 11.8 Å². The molecule has 0 aromatic rings. The molecule has 1 unspecified atom stereocenters. The molecule has 1 aliphatic rings.